The first-order valence-corrected chi connectivity index (χ1v) is 10.7. The van der Waals surface area contributed by atoms with Crippen LogP contribution >= 0.6 is 24.2 Å². The van der Waals surface area contributed by atoms with E-state index in [0.717, 1.165) is 10.9 Å². The van der Waals surface area contributed by atoms with Gasteiger partial charge in [-0.2, -0.15) is 4.98 Å². The van der Waals surface area contributed by atoms with Crippen molar-refractivity contribution in [2.75, 3.05) is 10.0 Å². The molecule has 0 spiro atoms. The highest BCUT2D eigenvalue weighted by Crippen LogP contribution is 2.28. The number of nitrogens with one attached hydrogen (secondary N) is 3. The van der Waals surface area contributed by atoms with Crippen molar-refractivity contribution in [1.82, 2.24) is 20.2 Å². The minimum Gasteiger partial charge on any atom is -0.323 e. The van der Waals surface area contributed by atoms with E-state index in [1.807, 2.05) is 30.3 Å². The fraction of sp³-hybridized carbons (Fsp3) is 0.0556. The number of anilines is 3. The molecule has 3 N–H and O–H groups in total. The Morgan fingerprint density at radius 2 is 1.97 bits per heavy atom. The van der Waals surface area contributed by atoms with Gasteiger partial charge in [0.15, 0.2) is 0 Å². The number of hydrogen-bond donors (Lipinski definition) is 4. The Morgan fingerprint density at radius 3 is 2.79 bits per heavy atom. The van der Waals surface area contributed by atoms with Crippen molar-refractivity contribution >= 4 is 62.7 Å². The highest BCUT2D eigenvalue weighted by molar-refractivity contribution is 7.93. The van der Waals surface area contributed by atoms with Crippen LogP contribution in [0.15, 0.2) is 58.5 Å². The van der Waals surface area contributed by atoms with Crippen molar-refractivity contribution in [3.8, 4) is 0 Å². The van der Waals surface area contributed by atoms with Crippen LogP contribution in [0.2, 0.25) is 5.02 Å². The Bertz CT molecular complexity index is 1320. The third-order valence-electron chi connectivity index (χ3n) is 4.13. The predicted molar refractivity (Wildman–Crippen MR) is 116 cm³/mol. The molecule has 11 heteroatoms. The van der Waals surface area contributed by atoms with Crippen LogP contribution in [-0.4, -0.2) is 28.6 Å². The smallest absolute Gasteiger partial charge is 0.265 e. The summed E-state index contributed by atoms with van der Waals surface area (Å²) in [4.78, 5) is 8.71. The third kappa shape index (κ3) is 4.00. The van der Waals surface area contributed by atoms with Gasteiger partial charge in [-0.1, -0.05) is 29.8 Å². The van der Waals surface area contributed by atoms with Gasteiger partial charge in [0, 0.05) is 21.5 Å². The lowest BCUT2D eigenvalue weighted by Gasteiger charge is -2.09. The van der Waals surface area contributed by atoms with Crippen LogP contribution in [0, 0.1) is 6.92 Å². The Morgan fingerprint density at radius 1 is 1.17 bits per heavy atom. The molecule has 4 aromatic rings. The van der Waals surface area contributed by atoms with Crippen molar-refractivity contribution in [2.24, 2.45) is 0 Å². The molecule has 4 rings (SSSR count). The maximum Gasteiger partial charge on any atom is 0.265 e. The number of rotatable bonds is 5. The van der Waals surface area contributed by atoms with Crippen LogP contribution in [0.5, 0.6) is 0 Å². The average Bonchev–Trinajstić information content (AvgIpc) is 3.11. The Balaban J connectivity index is 1.59. The Labute approximate surface area is 177 Å². The zero-order valence-corrected chi connectivity index (χ0v) is 17.5. The summed E-state index contributed by atoms with van der Waals surface area (Å²) in [5.74, 6) is 0.153. The summed E-state index contributed by atoms with van der Waals surface area (Å²) in [5.41, 5.74) is 2.08. The van der Waals surface area contributed by atoms with Crippen molar-refractivity contribution in [2.45, 2.75) is 16.7 Å². The number of benzene rings is 2. The number of nitrogens with zero attached hydrogens (tertiary/aromatic N) is 3. The molecule has 0 fully saturated rings. The zero-order chi connectivity index (χ0) is 20.6. The molecule has 148 valence electrons. The average molecular weight is 447 g/mol. The molecule has 0 aliphatic carbocycles. The van der Waals surface area contributed by atoms with E-state index >= 15 is 0 Å². The molecule has 0 aliphatic heterocycles. The number of aromatic amines is 1. The van der Waals surface area contributed by atoms with Crippen LogP contribution in [-0.2, 0) is 10.0 Å². The van der Waals surface area contributed by atoms with Gasteiger partial charge in [0.05, 0.1) is 11.2 Å². The van der Waals surface area contributed by atoms with Crippen molar-refractivity contribution in [1.29, 1.82) is 0 Å². The molecule has 2 heterocycles. The van der Waals surface area contributed by atoms with Crippen LogP contribution in [0.1, 0.15) is 5.56 Å². The number of hydrogen-bond acceptors (Lipinski definition) is 7. The second-order valence-corrected chi connectivity index (χ2v) is 8.73. The van der Waals surface area contributed by atoms with E-state index in [-0.39, 0.29) is 21.7 Å². The minimum absolute atomic E-state index is 0.0136. The summed E-state index contributed by atoms with van der Waals surface area (Å²) in [6.07, 6.45) is 1.69. The quantitative estimate of drug-likeness (QED) is 0.342. The molecule has 0 saturated heterocycles. The summed E-state index contributed by atoms with van der Waals surface area (Å²) in [5, 5.41) is 11.0. The van der Waals surface area contributed by atoms with Crippen LogP contribution in [0.4, 0.5) is 17.6 Å². The monoisotopic (exact) mass is 446 g/mol. The fourth-order valence-corrected chi connectivity index (χ4v) is 4.63. The van der Waals surface area contributed by atoms with Crippen molar-refractivity contribution < 1.29 is 8.42 Å². The number of thiol groups is 1. The van der Waals surface area contributed by atoms with Gasteiger partial charge in [-0.25, -0.2) is 18.2 Å². The molecule has 0 aliphatic rings. The highest BCUT2D eigenvalue weighted by Gasteiger charge is 2.21. The van der Waals surface area contributed by atoms with Crippen molar-refractivity contribution in [3.63, 3.8) is 0 Å². The van der Waals surface area contributed by atoms with Gasteiger partial charge >= 0.3 is 0 Å². The summed E-state index contributed by atoms with van der Waals surface area (Å²) < 4.78 is 27.7. The molecule has 0 atom stereocenters. The predicted octanol–water partition coefficient (Wildman–Crippen LogP) is 4.15. The Hall–Kier alpha value is -2.82. The van der Waals surface area contributed by atoms with E-state index in [1.54, 1.807) is 13.1 Å². The number of aryl methyl sites for hydroxylation is 1. The Kier molecular flexibility index (Phi) is 5.07. The molecule has 8 nitrogen and oxygen atoms in total. The lowest BCUT2D eigenvalue weighted by Crippen LogP contribution is -2.15. The maximum absolute atomic E-state index is 12.7. The van der Waals surface area contributed by atoms with Crippen LogP contribution in [0.25, 0.3) is 10.9 Å². The molecule has 29 heavy (non-hydrogen) atoms. The van der Waals surface area contributed by atoms with E-state index in [1.165, 1.54) is 12.1 Å². The third-order valence-corrected chi connectivity index (χ3v) is 6.42. The van der Waals surface area contributed by atoms with Gasteiger partial charge < -0.3 is 5.32 Å². The topological polar surface area (TPSA) is 113 Å². The standard InChI is InChI=1S/C18H15ClN6O2S2/c1-10-8-15(14(28)9-12(10)19)29(26,27)25-18-22-17(23-24-18)21-13-6-2-4-11-5-3-7-20-16(11)13/h2-9,28H,1H3,(H3,21,22,23,24,25). The van der Waals surface area contributed by atoms with Gasteiger partial charge in [-0.15, -0.1) is 17.7 Å². The SMILES string of the molecule is Cc1cc(S(=O)(=O)Nc2n[nH]c(Nc3cccc4cccnc34)n2)c(S)cc1Cl. The van der Waals surface area contributed by atoms with E-state index < -0.39 is 10.0 Å². The largest absolute Gasteiger partial charge is 0.323 e. The van der Waals surface area contributed by atoms with Crippen LogP contribution < -0.4 is 10.0 Å². The molecule has 0 radical (unpaired) electrons. The van der Waals surface area contributed by atoms with Gasteiger partial charge in [0.1, 0.15) is 4.90 Å². The number of para-hydroxylation sites is 1. The van der Waals surface area contributed by atoms with Crippen molar-refractivity contribution in [3.05, 3.63) is 59.2 Å². The molecule has 0 saturated carbocycles. The summed E-state index contributed by atoms with van der Waals surface area (Å²) >= 11 is 10.2. The first kappa shape index (κ1) is 19.5. The summed E-state index contributed by atoms with van der Waals surface area (Å²) in [6.45, 7) is 1.71. The molecular formula is C18H15ClN6O2S2. The first-order valence-electron chi connectivity index (χ1n) is 8.38. The van der Waals surface area contributed by atoms with Gasteiger partial charge in [-0.3, -0.25) is 4.98 Å². The fourth-order valence-electron chi connectivity index (χ4n) is 2.73. The number of H-pyrrole nitrogens is 1. The first-order chi connectivity index (χ1) is 13.8. The molecule has 2 aromatic heterocycles. The lowest BCUT2D eigenvalue weighted by molar-refractivity contribution is 0.599. The van der Waals surface area contributed by atoms with Gasteiger partial charge in [0.25, 0.3) is 16.0 Å². The second-order valence-electron chi connectivity index (χ2n) is 6.19. The molecule has 2 aromatic carbocycles. The van der Waals surface area contributed by atoms with E-state index in [0.29, 0.717) is 16.3 Å². The van der Waals surface area contributed by atoms with Gasteiger partial charge in [0.2, 0.25) is 5.95 Å². The summed E-state index contributed by atoms with van der Waals surface area (Å²) in [6, 6.07) is 12.4. The lowest BCUT2D eigenvalue weighted by atomic mass is 10.2. The zero-order valence-electron chi connectivity index (χ0n) is 15.0. The summed E-state index contributed by atoms with van der Waals surface area (Å²) in [7, 11) is -3.95. The number of pyridine rings is 1. The number of fused-ring (bicyclic) bond motifs is 1. The number of halogens is 1. The highest BCUT2D eigenvalue weighted by atomic mass is 35.5. The maximum atomic E-state index is 12.7. The molecule has 0 amide bonds. The number of sulfonamides is 1. The van der Waals surface area contributed by atoms with Gasteiger partial charge in [-0.05, 0) is 36.8 Å². The minimum atomic E-state index is -3.95. The second kappa shape index (κ2) is 7.54. The molecule has 0 bridgehead atoms. The van der Waals surface area contributed by atoms with E-state index in [4.69, 9.17) is 11.6 Å². The number of aromatic nitrogens is 4. The molecular weight excluding hydrogens is 432 g/mol. The van der Waals surface area contributed by atoms with E-state index in [9.17, 15) is 8.42 Å². The van der Waals surface area contributed by atoms with Crippen LogP contribution in [0.3, 0.4) is 0 Å². The molecule has 0 unspecified atom stereocenters. The van der Waals surface area contributed by atoms with E-state index in [2.05, 4.69) is 42.8 Å². The normalized spacial score (nSPS) is 11.6.